The van der Waals surface area contributed by atoms with E-state index in [0.717, 1.165) is 27.4 Å². The van der Waals surface area contributed by atoms with Gasteiger partial charge in [0.05, 0.1) is 0 Å². The van der Waals surface area contributed by atoms with Gasteiger partial charge in [0.1, 0.15) is 0 Å². The first kappa shape index (κ1) is 13.1. The second-order valence-electron chi connectivity index (χ2n) is 5.41. The van der Waals surface area contributed by atoms with Crippen molar-refractivity contribution in [3.63, 3.8) is 0 Å². The number of hydrogen-bond acceptors (Lipinski definition) is 2. The lowest BCUT2D eigenvalue weighted by molar-refractivity contribution is 0.312. The Morgan fingerprint density at radius 2 is 2.11 bits per heavy atom. The molecule has 2 atom stereocenters. The van der Waals surface area contributed by atoms with E-state index in [1.807, 2.05) is 0 Å². The normalized spacial score (nSPS) is 28.3. The molecule has 2 fully saturated rings. The summed E-state index contributed by atoms with van der Waals surface area (Å²) in [5.41, 5.74) is 1.39. The third kappa shape index (κ3) is 2.82. The molecule has 18 heavy (non-hydrogen) atoms. The Bertz CT molecular complexity index is 422. The van der Waals surface area contributed by atoms with Crippen molar-refractivity contribution in [2.75, 3.05) is 19.6 Å². The predicted octanol–water partition coefficient (Wildman–Crippen LogP) is 3.40. The first-order chi connectivity index (χ1) is 8.72. The molecule has 2 aliphatic rings. The van der Waals surface area contributed by atoms with Crippen LogP contribution in [0.3, 0.4) is 0 Å². The van der Waals surface area contributed by atoms with Crippen molar-refractivity contribution in [2.24, 2.45) is 5.92 Å². The van der Waals surface area contributed by atoms with Crippen molar-refractivity contribution < 1.29 is 0 Å². The Balaban J connectivity index is 1.64. The lowest BCUT2D eigenvalue weighted by atomic mass is 9.94. The number of benzene rings is 1. The molecule has 0 saturated carbocycles. The smallest absolute Gasteiger partial charge is 0.0320 e. The molecular weight excluding hydrogens is 356 g/mol. The Morgan fingerprint density at radius 1 is 1.22 bits per heavy atom. The van der Waals surface area contributed by atoms with Gasteiger partial charge in [-0.3, -0.25) is 4.90 Å². The van der Waals surface area contributed by atoms with Crippen molar-refractivity contribution in [1.82, 2.24) is 10.2 Å². The van der Waals surface area contributed by atoms with Gasteiger partial charge < -0.3 is 5.32 Å². The number of piperidine rings is 1. The number of halogens is 2. The monoisotopic (exact) mass is 372 g/mol. The van der Waals surface area contributed by atoms with Crippen LogP contribution in [0, 0.1) is 5.92 Å². The third-order valence-electron chi connectivity index (χ3n) is 4.07. The quantitative estimate of drug-likeness (QED) is 0.854. The van der Waals surface area contributed by atoms with E-state index >= 15 is 0 Å². The van der Waals surface area contributed by atoms with E-state index in [1.165, 1.54) is 38.0 Å². The van der Waals surface area contributed by atoms with Crippen molar-refractivity contribution in [1.29, 1.82) is 0 Å². The van der Waals surface area contributed by atoms with Gasteiger partial charge in [0.25, 0.3) is 0 Å². The summed E-state index contributed by atoms with van der Waals surface area (Å²) in [6, 6.07) is 7.29. The molecule has 3 rings (SSSR count). The second kappa shape index (κ2) is 5.61. The highest BCUT2D eigenvalue weighted by Gasteiger charge is 2.33. The highest BCUT2D eigenvalue weighted by molar-refractivity contribution is 9.13. The van der Waals surface area contributed by atoms with Crippen LogP contribution in [0.4, 0.5) is 0 Å². The summed E-state index contributed by atoms with van der Waals surface area (Å²) in [4.78, 5) is 2.59. The molecule has 2 saturated heterocycles. The highest BCUT2D eigenvalue weighted by atomic mass is 79.9. The maximum absolute atomic E-state index is 3.66. The van der Waals surface area contributed by atoms with Crippen LogP contribution in [0.1, 0.15) is 18.4 Å². The Hall–Kier alpha value is 0.1000. The first-order valence-corrected chi connectivity index (χ1v) is 8.20. The minimum atomic E-state index is 0.734. The summed E-state index contributed by atoms with van der Waals surface area (Å²) < 4.78 is 2.28. The van der Waals surface area contributed by atoms with Crippen molar-refractivity contribution in [2.45, 2.75) is 25.4 Å². The van der Waals surface area contributed by atoms with E-state index < -0.39 is 0 Å². The van der Waals surface area contributed by atoms with Crippen LogP contribution in [0.2, 0.25) is 0 Å². The van der Waals surface area contributed by atoms with Crippen LogP contribution in [0.25, 0.3) is 0 Å². The summed E-state index contributed by atoms with van der Waals surface area (Å²) >= 11 is 7.10. The Labute approximate surface area is 125 Å². The average molecular weight is 374 g/mol. The molecule has 0 radical (unpaired) electrons. The van der Waals surface area contributed by atoms with E-state index in [-0.39, 0.29) is 0 Å². The molecule has 98 valence electrons. The van der Waals surface area contributed by atoms with Crippen LogP contribution in [0.15, 0.2) is 27.1 Å². The average Bonchev–Trinajstić information content (AvgIpc) is 2.76. The molecule has 0 amide bonds. The second-order valence-corrected chi connectivity index (χ2v) is 7.11. The van der Waals surface area contributed by atoms with Crippen molar-refractivity contribution in [3.8, 4) is 0 Å². The van der Waals surface area contributed by atoms with Gasteiger partial charge in [0.15, 0.2) is 0 Å². The number of hydrogen-bond donors (Lipinski definition) is 1. The van der Waals surface area contributed by atoms with E-state index in [4.69, 9.17) is 0 Å². The number of nitrogens with one attached hydrogen (secondary N) is 1. The minimum Gasteiger partial charge on any atom is -0.312 e. The molecule has 1 N–H and O–H groups in total. The third-order valence-corrected chi connectivity index (χ3v) is 5.94. The van der Waals surface area contributed by atoms with E-state index in [9.17, 15) is 0 Å². The minimum absolute atomic E-state index is 0.734. The first-order valence-electron chi connectivity index (χ1n) is 6.62. The summed E-state index contributed by atoms with van der Waals surface area (Å²) in [6.07, 6.45) is 2.75. The fraction of sp³-hybridized carbons (Fsp3) is 0.571. The molecule has 0 aromatic heterocycles. The van der Waals surface area contributed by atoms with Gasteiger partial charge in [-0.15, -0.1) is 0 Å². The fourth-order valence-corrected chi connectivity index (χ4v) is 3.83. The zero-order valence-corrected chi connectivity index (χ0v) is 13.5. The largest absolute Gasteiger partial charge is 0.312 e. The lowest BCUT2D eigenvalue weighted by Gasteiger charge is -2.24. The summed E-state index contributed by atoms with van der Waals surface area (Å²) in [6.45, 7) is 4.74. The molecule has 2 unspecified atom stereocenters. The van der Waals surface area contributed by atoms with Crippen LogP contribution in [-0.2, 0) is 6.54 Å². The molecule has 0 bridgehead atoms. The fourth-order valence-electron chi connectivity index (χ4n) is 3.16. The van der Waals surface area contributed by atoms with Gasteiger partial charge in [-0.1, -0.05) is 6.07 Å². The lowest BCUT2D eigenvalue weighted by Crippen LogP contribution is -2.40. The summed E-state index contributed by atoms with van der Waals surface area (Å²) in [5, 5.41) is 3.66. The molecule has 2 aliphatic heterocycles. The Kier molecular flexibility index (Phi) is 4.09. The summed E-state index contributed by atoms with van der Waals surface area (Å²) in [7, 11) is 0. The molecule has 0 spiro atoms. The molecule has 1 aromatic rings. The number of rotatable bonds is 2. The standard InChI is InChI=1S/C14H18Br2N2/c15-12-4-3-10(6-13(12)16)7-18-8-11-2-1-5-17-14(11)9-18/h3-4,6,11,14,17H,1-2,5,7-9H2. The van der Waals surface area contributed by atoms with Gasteiger partial charge in [0, 0.05) is 34.6 Å². The highest BCUT2D eigenvalue weighted by Crippen LogP contribution is 2.28. The molecule has 2 nitrogen and oxygen atoms in total. The van der Waals surface area contributed by atoms with Gasteiger partial charge in [-0.2, -0.15) is 0 Å². The van der Waals surface area contributed by atoms with E-state index in [2.05, 4.69) is 60.3 Å². The zero-order chi connectivity index (χ0) is 12.5. The predicted molar refractivity (Wildman–Crippen MR) is 81.6 cm³/mol. The number of likely N-dealkylation sites (tertiary alicyclic amines) is 1. The van der Waals surface area contributed by atoms with Gasteiger partial charge in [-0.05, 0) is 74.9 Å². The molecular formula is C14H18Br2N2. The molecule has 2 heterocycles. The van der Waals surface area contributed by atoms with Gasteiger partial charge in [-0.25, -0.2) is 0 Å². The van der Waals surface area contributed by atoms with Gasteiger partial charge >= 0.3 is 0 Å². The molecule has 0 aliphatic carbocycles. The van der Waals surface area contributed by atoms with Crippen molar-refractivity contribution >= 4 is 31.9 Å². The Morgan fingerprint density at radius 3 is 2.89 bits per heavy atom. The topological polar surface area (TPSA) is 15.3 Å². The maximum Gasteiger partial charge on any atom is 0.0320 e. The maximum atomic E-state index is 3.66. The van der Waals surface area contributed by atoms with Crippen LogP contribution in [0.5, 0.6) is 0 Å². The zero-order valence-electron chi connectivity index (χ0n) is 10.3. The van der Waals surface area contributed by atoms with Crippen LogP contribution >= 0.6 is 31.9 Å². The van der Waals surface area contributed by atoms with Crippen LogP contribution in [-0.4, -0.2) is 30.6 Å². The summed E-state index contributed by atoms with van der Waals surface area (Å²) in [5.74, 6) is 0.873. The van der Waals surface area contributed by atoms with Crippen molar-refractivity contribution in [3.05, 3.63) is 32.7 Å². The number of nitrogens with zero attached hydrogens (tertiary/aromatic N) is 1. The SMILES string of the molecule is Brc1ccc(CN2CC3CCCNC3C2)cc1Br. The number of fused-ring (bicyclic) bond motifs is 1. The molecule has 4 heteroatoms. The van der Waals surface area contributed by atoms with Gasteiger partial charge in [0.2, 0.25) is 0 Å². The van der Waals surface area contributed by atoms with E-state index in [0.29, 0.717) is 0 Å². The van der Waals surface area contributed by atoms with E-state index in [1.54, 1.807) is 0 Å². The molecule has 1 aromatic carbocycles. The van der Waals surface area contributed by atoms with Crippen LogP contribution < -0.4 is 5.32 Å².